The van der Waals surface area contributed by atoms with Gasteiger partial charge in [0.05, 0.1) is 0 Å². The van der Waals surface area contributed by atoms with Crippen LogP contribution in [0.4, 0.5) is 18.0 Å². The maximum Gasteiger partial charge on any atom is 0.434 e. The minimum absolute atomic E-state index is 0.435. The molecule has 0 saturated heterocycles. The minimum Gasteiger partial charge on any atom is -0.434 e. The van der Waals surface area contributed by atoms with Gasteiger partial charge in [0, 0.05) is 11.1 Å². The van der Waals surface area contributed by atoms with Gasteiger partial charge in [-0.05, 0) is 13.3 Å². The van der Waals surface area contributed by atoms with Gasteiger partial charge in [0.25, 0.3) is 0 Å². The molecule has 17 heavy (non-hydrogen) atoms. The summed E-state index contributed by atoms with van der Waals surface area (Å²) in [7, 11) is 0. The molecule has 0 spiro atoms. The number of carbonyl (C=O) groups excluding carboxylic acids is 1. The van der Waals surface area contributed by atoms with Gasteiger partial charge in [0.15, 0.2) is 0 Å². The highest BCUT2D eigenvalue weighted by Crippen LogP contribution is 2.36. The third-order valence-corrected chi connectivity index (χ3v) is 2.10. The summed E-state index contributed by atoms with van der Waals surface area (Å²) in [5, 5.41) is 0. The van der Waals surface area contributed by atoms with E-state index in [-0.39, 0.29) is 0 Å². The molecule has 0 fully saturated rings. The molecule has 0 rings (SSSR count). The highest BCUT2D eigenvalue weighted by atomic mass is 19.4. The van der Waals surface area contributed by atoms with E-state index in [0.717, 1.165) is 0 Å². The first kappa shape index (κ1) is 15.9. The van der Waals surface area contributed by atoms with E-state index in [4.69, 9.17) is 0 Å². The molecule has 3 nitrogen and oxygen atoms in total. The lowest BCUT2D eigenvalue weighted by atomic mass is 9.88. The second kappa shape index (κ2) is 5.51. The molecule has 0 aromatic rings. The van der Waals surface area contributed by atoms with E-state index in [2.05, 4.69) is 9.73 Å². The Kier molecular flexibility index (Phi) is 5.16. The number of nitrogens with zero attached hydrogens (tertiary/aromatic N) is 1. The smallest absolute Gasteiger partial charge is 0.434 e. The molecule has 1 unspecified atom stereocenters. The molecule has 1 atom stereocenters. The minimum atomic E-state index is -4.59. The second-order valence-electron chi connectivity index (χ2n) is 4.87. The number of hydrogen-bond donors (Lipinski definition) is 0. The molecule has 100 valence electrons. The van der Waals surface area contributed by atoms with E-state index < -0.39 is 23.8 Å². The maximum absolute atomic E-state index is 12.7. The van der Waals surface area contributed by atoms with Crippen molar-refractivity contribution < 1.29 is 22.7 Å². The number of hydrogen-bond acceptors (Lipinski definition) is 2. The van der Waals surface area contributed by atoms with Crippen LogP contribution in [-0.2, 0) is 4.74 Å². The van der Waals surface area contributed by atoms with Crippen LogP contribution in [0.5, 0.6) is 0 Å². The zero-order valence-corrected chi connectivity index (χ0v) is 10.7. The van der Waals surface area contributed by atoms with Crippen LogP contribution >= 0.6 is 0 Å². The van der Waals surface area contributed by atoms with Crippen molar-refractivity contribution in [2.75, 3.05) is 0 Å². The van der Waals surface area contributed by atoms with E-state index in [1.807, 2.05) is 0 Å². The zero-order valence-electron chi connectivity index (χ0n) is 10.7. The van der Waals surface area contributed by atoms with Crippen molar-refractivity contribution >= 4 is 11.8 Å². The number of amides is 1. The van der Waals surface area contributed by atoms with Gasteiger partial charge in [-0.1, -0.05) is 27.7 Å². The summed E-state index contributed by atoms with van der Waals surface area (Å²) in [5.41, 5.74) is -0.784. The predicted molar refractivity (Wildman–Crippen MR) is 59.2 cm³/mol. The average molecular weight is 253 g/mol. The molecule has 0 saturated carbocycles. The summed E-state index contributed by atoms with van der Waals surface area (Å²) in [6.45, 7) is 7.37. The average Bonchev–Trinajstić information content (AvgIpc) is 2.10. The van der Waals surface area contributed by atoms with Gasteiger partial charge in [-0.15, -0.1) is 0 Å². The van der Waals surface area contributed by atoms with Crippen molar-refractivity contribution in [3.8, 4) is 0 Å². The first-order chi connectivity index (χ1) is 7.48. The lowest BCUT2D eigenvalue weighted by Crippen LogP contribution is -2.43. The van der Waals surface area contributed by atoms with Gasteiger partial charge in [-0.25, -0.2) is 4.79 Å². The Balaban J connectivity index is 4.86. The third-order valence-electron chi connectivity index (χ3n) is 2.10. The predicted octanol–water partition coefficient (Wildman–Crippen LogP) is 3.97. The van der Waals surface area contributed by atoms with Gasteiger partial charge in [0.1, 0.15) is 0 Å². The third kappa shape index (κ3) is 5.70. The summed E-state index contributed by atoms with van der Waals surface area (Å²) >= 11 is 0. The molecule has 0 aliphatic carbocycles. The van der Waals surface area contributed by atoms with E-state index in [1.165, 1.54) is 20.8 Å². The van der Waals surface area contributed by atoms with Crippen molar-refractivity contribution in [1.82, 2.24) is 0 Å². The van der Waals surface area contributed by atoms with Gasteiger partial charge < -0.3 is 4.74 Å². The molecule has 0 aliphatic heterocycles. The monoisotopic (exact) mass is 253 g/mol. The molecule has 0 N–H and O–H groups in total. The topological polar surface area (TPSA) is 38.7 Å². The lowest BCUT2D eigenvalue weighted by molar-refractivity contribution is -0.229. The van der Waals surface area contributed by atoms with E-state index >= 15 is 0 Å². The molecular formula is C11H18F3NO2. The molecule has 0 aromatic carbocycles. The van der Waals surface area contributed by atoms with Crippen LogP contribution in [0.25, 0.3) is 0 Å². The number of halogens is 3. The molecular weight excluding hydrogens is 235 g/mol. The van der Waals surface area contributed by atoms with Gasteiger partial charge in [0.2, 0.25) is 6.10 Å². The largest absolute Gasteiger partial charge is 0.434 e. The molecule has 1 amide bonds. The van der Waals surface area contributed by atoms with Crippen LogP contribution in [0.15, 0.2) is 4.99 Å². The summed E-state index contributed by atoms with van der Waals surface area (Å²) in [5.74, 6) is 0. The first-order valence-electron chi connectivity index (χ1n) is 5.30. The maximum atomic E-state index is 12.7. The SMILES string of the molecule is CCC(C)=NC(=O)OC(C(C)(C)C)C(F)(F)F. The standard InChI is InChI=1S/C11H18F3NO2/c1-6-7(2)15-9(16)17-8(10(3,4)5)11(12,13)14/h8H,6H2,1-5H3. The fraction of sp³-hybridized carbons (Fsp3) is 0.818. The fourth-order valence-electron chi connectivity index (χ4n) is 1.10. The van der Waals surface area contributed by atoms with Crippen LogP contribution in [-0.4, -0.2) is 24.1 Å². The van der Waals surface area contributed by atoms with Crippen molar-refractivity contribution in [2.24, 2.45) is 10.4 Å². The first-order valence-corrected chi connectivity index (χ1v) is 5.30. The Hall–Kier alpha value is -1.07. The van der Waals surface area contributed by atoms with Crippen LogP contribution < -0.4 is 0 Å². The van der Waals surface area contributed by atoms with E-state index in [9.17, 15) is 18.0 Å². The number of rotatable bonds is 2. The van der Waals surface area contributed by atoms with Crippen LogP contribution in [0.1, 0.15) is 41.0 Å². The summed E-state index contributed by atoms with van der Waals surface area (Å²) in [4.78, 5) is 14.6. The van der Waals surface area contributed by atoms with E-state index in [1.54, 1.807) is 13.8 Å². The fourth-order valence-corrected chi connectivity index (χ4v) is 1.10. The quantitative estimate of drug-likeness (QED) is 0.698. The Bertz CT molecular complexity index is 289. The van der Waals surface area contributed by atoms with Crippen LogP contribution in [0.2, 0.25) is 0 Å². The normalized spacial score (nSPS) is 15.6. The highest BCUT2D eigenvalue weighted by molar-refractivity contribution is 5.91. The Morgan fingerprint density at radius 1 is 1.29 bits per heavy atom. The van der Waals surface area contributed by atoms with Gasteiger partial charge >= 0.3 is 12.3 Å². The van der Waals surface area contributed by atoms with E-state index in [0.29, 0.717) is 12.1 Å². The zero-order chi connectivity index (χ0) is 13.9. The Morgan fingerprint density at radius 3 is 2.06 bits per heavy atom. The molecule has 0 heterocycles. The Morgan fingerprint density at radius 2 is 1.76 bits per heavy atom. The summed E-state index contributed by atoms with van der Waals surface area (Å²) in [6.07, 6.45) is -7.46. The summed E-state index contributed by atoms with van der Waals surface area (Å²) in [6, 6.07) is 0. The molecule has 0 aromatic heterocycles. The van der Waals surface area contributed by atoms with Crippen LogP contribution in [0.3, 0.4) is 0 Å². The lowest BCUT2D eigenvalue weighted by Gasteiger charge is -2.30. The number of ether oxygens (including phenoxy) is 1. The molecule has 0 bridgehead atoms. The van der Waals surface area contributed by atoms with Crippen molar-refractivity contribution in [1.29, 1.82) is 0 Å². The van der Waals surface area contributed by atoms with Crippen LogP contribution in [0, 0.1) is 5.41 Å². The molecule has 6 heteroatoms. The Labute approximate surface area is 99.1 Å². The van der Waals surface area contributed by atoms with Crippen molar-refractivity contribution in [3.63, 3.8) is 0 Å². The van der Waals surface area contributed by atoms with Gasteiger partial charge in [-0.2, -0.15) is 18.2 Å². The molecule has 0 radical (unpaired) electrons. The van der Waals surface area contributed by atoms with Gasteiger partial charge in [-0.3, -0.25) is 0 Å². The second-order valence-corrected chi connectivity index (χ2v) is 4.87. The number of alkyl halides is 3. The van der Waals surface area contributed by atoms with Crippen molar-refractivity contribution in [3.05, 3.63) is 0 Å². The highest BCUT2D eigenvalue weighted by Gasteiger charge is 2.50. The molecule has 0 aliphatic rings. The summed E-state index contributed by atoms with van der Waals surface area (Å²) < 4.78 is 42.4. The van der Waals surface area contributed by atoms with Crippen molar-refractivity contribution in [2.45, 2.75) is 53.3 Å². The number of carbonyl (C=O) groups is 1. The number of aliphatic imine (C=N–C) groups is 1.